The number of anilines is 2. The highest BCUT2D eigenvalue weighted by atomic mass is 16.2. The van der Waals surface area contributed by atoms with Crippen molar-refractivity contribution >= 4 is 23.3 Å². The molecule has 1 aliphatic carbocycles. The molecule has 0 aliphatic heterocycles. The summed E-state index contributed by atoms with van der Waals surface area (Å²) in [7, 11) is 0. The summed E-state index contributed by atoms with van der Waals surface area (Å²) in [6, 6.07) is 18.2. The molecule has 0 unspecified atom stereocenters. The maximum atomic E-state index is 12.5. The van der Waals surface area contributed by atoms with Crippen LogP contribution in [0, 0.1) is 5.92 Å². The van der Waals surface area contributed by atoms with Gasteiger partial charge in [0.25, 0.3) is 0 Å². The number of nitrogens with zero attached hydrogens (tertiary/aromatic N) is 1. The molecule has 2 aromatic rings. The Morgan fingerprint density at radius 3 is 1.77 bits per heavy atom. The van der Waals surface area contributed by atoms with Crippen molar-refractivity contribution < 1.29 is 9.59 Å². The number of para-hydroxylation sites is 2. The first-order valence-corrected chi connectivity index (χ1v) is 7.26. The topological polar surface area (TPSA) is 61.4 Å². The Morgan fingerprint density at radius 2 is 1.32 bits per heavy atom. The minimum atomic E-state index is -0.397. The van der Waals surface area contributed by atoms with E-state index in [1.165, 1.54) is 4.90 Å². The van der Waals surface area contributed by atoms with Crippen molar-refractivity contribution in [2.24, 2.45) is 5.92 Å². The van der Waals surface area contributed by atoms with E-state index in [-0.39, 0.29) is 11.8 Å². The molecule has 3 rings (SSSR count). The number of benzene rings is 2. The van der Waals surface area contributed by atoms with Gasteiger partial charge in [-0.3, -0.25) is 15.1 Å². The van der Waals surface area contributed by atoms with Gasteiger partial charge in [0.05, 0.1) is 11.4 Å². The van der Waals surface area contributed by atoms with Crippen molar-refractivity contribution in [1.82, 2.24) is 10.9 Å². The first-order chi connectivity index (χ1) is 10.8. The van der Waals surface area contributed by atoms with E-state index in [2.05, 4.69) is 10.9 Å². The lowest BCUT2D eigenvalue weighted by atomic mass is 10.2. The Labute approximate surface area is 128 Å². The van der Waals surface area contributed by atoms with Gasteiger partial charge in [-0.1, -0.05) is 36.4 Å². The summed E-state index contributed by atoms with van der Waals surface area (Å²) in [5.41, 5.74) is 6.43. The number of carbonyl (C=O) groups excluding carboxylic acids is 2. The maximum absolute atomic E-state index is 12.5. The van der Waals surface area contributed by atoms with Crippen LogP contribution in [-0.4, -0.2) is 11.9 Å². The quantitative estimate of drug-likeness (QED) is 0.855. The molecule has 3 amide bonds. The van der Waals surface area contributed by atoms with Crippen molar-refractivity contribution in [1.29, 1.82) is 0 Å². The van der Waals surface area contributed by atoms with Crippen LogP contribution < -0.4 is 15.8 Å². The van der Waals surface area contributed by atoms with Gasteiger partial charge in [0.15, 0.2) is 0 Å². The van der Waals surface area contributed by atoms with Gasteiger partial charge < -0.3 is 0 Å². The number of hydrogen-bond acceptors (Lipinski definition) is 2. The summed E-state index contributed by atoms with van der Waals surface area (Å²) in [5, 5.41) is 0. The number of carbonyl (C=O) groups is 2. The molecule has 112 valence electrons. The molecular formula is C17H17N3O2. The Bertz CT molecular complexity index is 615. The molecule has 0 radical (unpaired) electrons. The average Bonchev–Trinajstić information content (AvgIpc) is 3.40. The standard InChI is InChI=1S/C17H17N3O2/c21-16(13-11-12-13)18-19-17(22)20(14-7-3-1-4-8-14)15-9-5-2-6-10-15/h1-10,13H,11-12H2,(H,18,21)(H,19,22). The molecule has 5 heteroatoms. The Balaban J connectivity index is 1.79. The van der Waals surface area contributed by atoms with Crippen LogP contribution in [0.15, 0.2) is 60.7 Å². The van der Waals surface area contributed by atoms with Crippen LogP contribution in [-0.2, 0) is 4.79 Å². The van der Waals surface area contributed by atoms with E-state index in [1.54, 1.807) is 0 Å². The Morgan fingerprint density at radius 1 is 0.818 bits per heavy atom. The summed E-state index contributed by atoms with van der Waals surface area (Å²) in [5.74, 6) is -0.0865. The molecule has 1 saturated carbocycles. The van der Waals surface area contributed by atoms with Crippen molar-refractivity contribution in [2.45, 2.75) is 12.8 Å². The summed E-state index contributed by atoms with van der Waals surface area (Å²) in [6.07, 6.45) is 1.78. The normalized spacial score (nSPS) is 13.3. The van der Waals surface area contributed by atoms with E-state index in [4.69, 9.17) is 0 Å². The van der Waals surface area contributed by atoms with Crippen LogP contribution >= 0.6 is 0 Å². The first-order valence-electron chi connectivity index (χ1n) is 7.26. The lowest BCUT2D eigenvalue weighted by Gasteiger charge is -2.23. The molecule has 0 saturated heterocycles. The smallest absolute Gasteiger partial charge is 0.273 e. The van der Waals surface area contributed by atoms with Crippen LogP contribution in [0.3, 0.4) is 0 Å². The third kappa shape index (κ3) is 3.25. The number of rotatable bonds is 3. The number of nitrogens with one attached hydrogen (secondary N) is 2. The van der Waals surface area contributed by atoms with Gasteiger partial charge >= 0.3 is 6.03 Å². The minimum Gasteiger partial charge on any atom is -0.273 e. The van der Waals surface area contributed by atoms with Crippen LogP contribution in [0.1, 0.15) is 12.8 Å². The zero-order chi connectivity index (χ0) is 15.4. The third-order valence-corrected chi connectivity index (χ3v) is 3.47. The minimum absolute atomic E-state index is 0.0437. The molecular weight excluding hydrogens is 278 g/mol. The van der Waals surface area contributed by atoms with Crippen LogP contribution in [0.4, 0.5) is 16.2 Å². The zero-order valence-corrected chi connectivity index (χ0v) is 12.0. The predicted octanol–water partition coefficient (Wildman–Crippen LogP) is 2.98. The van der Waals surface area contributed by atoms with Crippen molar-refractivity contribution in [3.63, 3.8) is 0 Å². The molecule has 0 spiro atoms. The highest BCUT2D eigenvalue weighted by Gasteiger charge is 2.30. The van der Waals surface area contributed by atoms with Gasteiger partial charge in [0.1, 0.15) is 0 Å². The van der Waals surface area contributed by atoms with Gasteiger partial charge in [-0.05, 0) is 37.1 Å². The maximum Gasteiger partial charge on any atom is 0.345 e. The fourth-order valence-corrected chi connectivity index (χ4v) is 2.16. The van der Waals surface area contributed by atoms with Crippen LogP contribution in [0.5, 0.6) is 0 Å². The molecule has 2 N–H and O–H groups in total. The van der Waals surface area contributed by atoms with E-state index in [1.807, 2.05) is 60.7 Å². The van der Waals surface area contributed by atoms with Gasteiger partial charge in [0.2, 0.25) is 5.91 Å². The molecule has 2 aromatic carbocycles. The highest BCUT2D eigenvalue weighted by Crippen LogP contribution is 2.28. The molecule has 0 heterocycles. The first kappa shape index (κ1) is 14.1. The van der Waals surface area contributed by atoms with E-state index >= 15 is 0 Å². The van der Waals surface area contributed by atoms with Gasteiger partial charge in [-0.25, -0.2) is 10.2 Å². The lowest BCUT2D eigenvalue weighted by molar-refractivity contribution is -0.122. The van der Waals surface area contributed by atoms with Crippen LogP contribution in [0.2, 0.25) is 0 Å². The lowest BCUT2D eigenvalue weighted by Crippen LogP contribution is -2.48. The molecule has 22 heavy (non-hydrogen) atoms. The van der Waals surface area contributed by atoms with Gasteiger partial charge in [-0.2, -0.15) is 0 Å². The summed E-state index contributed by atoms with van der Waals surface area (Å²) in [4.78, 5) is 25.7. The number of amides is 3. The highest BCUT2D eigenvalue weighted by molar-refractivity contribution is 6.00. The second-order valence-electron chi connectivity index (χ2n) is 5.20. The molecule has 0 aromatic heterocycles. The zero-order valence-electron chi connectivity index (χ0n) is 12.0. The summed E-state index contributed by atoms with van der Waals surface area (Å²) < 4.78 is 0. The largest absolute Gasteiger partial charge is 0.345 e. The van der Waals surface area contributed by atoms with E-state index in [9.17, 15) is 9.59 Å². The number of hydrazine groups is 1. The van der Waals surface area contributed by atoms with E-state index < -0.39 is 6.03 Å². The summed E-state index contributed by atoms with van der Waals surface area (Å²) in [6.45, 7) is 0. The molecule has 1 aliphatic rings. The second-order valence-corrected chi connectivity index (χ2v) is 5.20. The molecule has 0 atom stereocenters. The van der Waals surface area contributed by atoms with Crippen LogP contribution in [0.25, 0.3) is 0 Å². The SMILES string of the molecule is O=C(NNC(=O)N(c1ccccc1)c1ccccc1)C1CC1. The van der Waals surface area contributed by atoms with Crippen molar-refractivity contribution in [2.75, 3.05) is 4.90 Å². The fraction of sp³-hybridized carbons (Fsp3) is 0.176. The van der Waals surface area contributed by atoms with Gasteiger partial charge in [-0.15, -0.1) is 0 Å². The molecule has 5 nitrogen and oxygen atoms in total. The third-order valence-electron chi connectivity index (χ3n) is 3.47. The average molecular weight is 295 g/mol. The monoisotopic (exact) mass is 295 g/mol. The summed E-state index contributed by atoms with van der Waals surface area (Å²) >= 11 is 0. The van der Waals surface area contributed by atoms with E-state index in [0.717, 1.165) is 24.2 Å². The Hall–Kier alpha value is -2.82. The molecule has 1 fully saturated rings. The fourth-order valence-electron chi connectivity index (χ4n) is 2.16. The van der Waals surface area contributed by atoms with E-state index in [0.29, 0.717) is 0 Å². The predicted molar refractivity (Wildman–Crippen MR) is 84.4 cm³/mol. The number of hydrogen-bond donors (Lipinski definition) is 2. The van der Waals surface area contributed by atoms with Crippen molar-refractivity contribution in [3.8, 4) is 0 Å². The van der Waals surface area contributed by atoms with Crippen molar-refractivity contribution in [3.05, 3.63) is 60.7 Å². The van der Waals surface area contributed by atoms with Gasteiger partial charge in [0, 0.05) is 5.92 Å². The number of urea groups is 1. The second kappa shape index (κ2) is 6.30. The molecule has 0 bridgehead atoms. The Kier molecular flexibility index (Phi) is 4.05.